The van der Waals surface area contributed by atoms with Crippen molar-refractivity contribution in [1.82, 2.24) is 19.8 Å². The zero-order valence-corrected chi connectivity index (χ0v) is 12.9. The van der Waals surface area contributed by atoms with Gasteiger partial charge in [0.25, 0.3) is 0 Å². The van der Waals surface area contributed by atoms with Gasteiger partial charge in [-0.2, -0.15) is 5.10 Å². The highest BCUT2D eigenvalue weighted by atomic mass is 19.1. The van der Waals surface area contributed by atoms with E-state index in [0.717, 1.165) is 30.8 Å². The lowest BCUT2D eigenvalue weighted by Gasteiger charge is -2.25. The van der Waals surface area contributed by atoms with Crippen LogP contribution in [0.25, 0.3) is 11.3 Å². The monoisotopic (exact) mass is 312 g/mol. The molecule has 0 spiro atoms. The first-order valence-electron chi connectivity index (χ1n) is 7.63. The van der Waals surface area contributed by atoms with Crippen molar-refractivity contribution in [2.45, 2.75) is 19.5 Å². The molecule has 5 nitrogen and oxygen atoms in total. The molecule has 1 aliphatic heterocycles. The van der Waals surface area contributed by atoms with E-state index in [4.69, 9.17) is 4.52 Å². The molecule has 0 saturated carbocycles. The molecule has 4 rings (SSSR count). The molecule has 3 heterocycles. The van der Waals surface area contributed by atoms with E-state index in [2.05, 4.69) is 15.2 Å². The fourth-order valence-corrected chi connectivity index (χ4v) is 3.08. The third kappa shape index (κ3) is 2.66. The molecule has 23 heavy (non-hydrogen) atoms. The van der Waals surface area contributed by atoms with Crippen molar-refractivity contribution in [2.75, 3.05) is 6.54 Å². The highest BCUT2D eigenvalue weighted by molar-refractivity contribution is 5.64. The van der Waals surface area contributed by atoms with Crippen molar-refractivity contribution in [3.05, 3.63) is 59.4 Å². The van der Waals surface area contributed by atoms with E-state index in [1.807, 2.05) is 25.5 Å². The number of fused-ring (bicyclic) bond motifs is 1. The fraction of sp³-hybridized carbons (Fsp3) is 0.294. The normalized spacial score (nSPS) is 14.9. The van der Waals surface area contributed by atoms with Crippen molar-refractivity contribution >= 4 is 0 Å². The Balaban J connectivity index is 1.61. The minimum absolute atomic E-state index is 0.270. The maximum atomic E-state index is 14.1. The number of benzene rings is 1. The Morgan fingerprint density at radius 1 is 1.30 bits per heavy atom. The minimum Gasteiger partial charge on any atom is -0.360 e. The van der Waals surface area contributed by atoms with Crippen LogP contribution in [0.15, 0.2) is 41.2 Å². The topological polar surface area (TPSA) is 47.1 Å². The van der Waals surface area contributed by atoms with Crippen molar-refractivity contribution in [3.63, 3.8) is 0 Å². The molecule has 3 aromatic rings. The van der Waals surface area contributed by atoms with Gasteiger partial charge in [0.05, 0.1) is 6.20 Å². The predicted molar refractivity (Wildman–Crippen MR) is 82.9 cm³/mol. The van der Waals surface area contributed by atoms with Gasteiger partial charge in [-0.1, -0.05) is 17.3 Å². The molecule has 1 aromatic carbocycles. The summed E-state index contributed by atoms with van der Waals surface area (Å²) in [5.74, 6) is 0.596. The van der Waals surface area contributed by atoms with Crippen LogP contribution in [0, 0.1) is 5.82 Å². The molecule has 0 unspecified atom stereocenters. The SMILES string of the molecule is Cn1cc(CN2CCc3onc(-c4ccccc4F)c3C2)cn1. The molecule has 0 radical (unpaired) electrons. The van der Waals surface area contributed by atoms with Gasteiger partial charge in [-0.15, -0.1) is 0 Å². The third-order valence-corrected chi connectivity index (χ3v) is 4.20. The molecule has 2 aromatic heterocycles. The molecule has 0 aliphatic carbocycles. The number of nitrogens with zero attached hydrogens (tertiary/aromatic N) is 4. The number of hydrogen-bond donors (Lipinski definition) is 0. The van der Waals surface area contributed by atoms with Crippen molar-refractivity contribution in [1.29, 1.82) is 0 Å². The summed E-state index contributed by atoms with van der Waals surface area (Å²) in [5.41, 5.74) is 3.28. The lowest BCUT2D eigenvalue weighted by Crippen LogP contribution is -2.29. The quantitative estimate of drug-likeness (QED) is 0.746. The minimum atomic E-state index is -0.270. The Bertz CT molecular complexity index is 839. The second-order valence-electron chi connectivity index (χ2n) is 5.90. The van der Waals surface area contributed by atoms with Crippen LogP contribution >= 0.6 is 0 Å². The van der Waals surface area contributed by atoms with Crippen LogP contribution in [-0.4, -0.2) is 26.4 Å². The van der Waals surface area contributed by atoms with Gasteiger partial charge < -0.3 is 4.52 Å². The fourth-order valence-electron chi connectivity index (χ4n) is 3.08. The number of hydrogen-bond acceptors (Lipinski definition) is 4. The maximum absolute atomic E-state index is 14.1. The third-order valence-electron chi connectivity index (χ3n) is 4.20. The van der Waals surface area contributed by atoms with E-state index in [1.54, 1.807) is 16.8 Å². The Morgan fingerprint density at radius 2 is 2.17 bits per heavy atom. The maximum Gasteiger partial charge on any atom is 0.143 e. The summed E-state index contributed by atoms with van der Waals surface area (Å²) < 4.78 is 21.3. The highest BCUT2D eigenvalue weighted by Gasteiger charge is 2.26. The van der Waals surface area contributed by atoms with Gasteiger partial charge in [0.15, 0.2) is 0 Å². The van der Waals surface area contributed by atoms with Gasteiger partial charge in [0, 0.05) is 56.0 Å². The van der Waals surface area contributed by atoms with Crippen LogP contribution in [0.2, 0.25) is 0 Å². The summed E-state index contributed by atoms with van der Waals surface area (Å²) >= 11 is 0. The molecule has 0 atom stereocenters. The number of aromatic nitrogens is 3. The Labute approximate surface area is 133 Å². The molecule has 1 aliphatic rings. The largest absolute Gasteiger partial charge is 0.360 e. The molecular formula is C17H17FN4O. The van der Waals surface area contributed by atoms with Gasteiger partial charge >= 0.3 is 0 Å². The zero-order valence-electron chi connectivity index (χ0n) is 12.9. The zero-order chi connectivity index (χ0) is 15.8. The van der Waals surface area contributed by atoms with E-state index in [1.165, 1.54) is 11.6 Å². The van der Waals surface area contributed by atoms with Crippen LogP contribution in [0.5, 0.6) is 0 Å². The second-order valence-corrected chi connectivity index (χ2v) is 5.90. The van der Waals surface area contributed by atoms with Crippen LogP contribution in [0.3, 0.4) is 0 Å². The summed E-state index contributed by atoms with van der Waals surface area (Å²) in [5, 5.41) is 8.32. The summed E-state index contributed by atoms with van der Waals surface area (Å²) in [4.78, 5) is 2.31. The Kier molecular flexibility index (Phi) is 3.46. The molecule has 0 saturated heterocycles. The standard InChI is InChI=1S/C17H17FN4O/c1-21-9-12(8-19-21)10-22-7-6-16-14(11-22)17(20-23-16)13-4-2-3-5-15(13)18/h2-5,8-9H,6-7,10-11H2,1H3. The second kappa shape index (κ2) is 5.62. The van der Waals surface area contributed by atoms with Gasteiger partial charge in [0.2, 0.25) is 0 Å². The van der Waals surface area contributed by atoms with Crippen molar-refractivity contribution in [2.24, 2.45) is 7.05 Å². The van der Waals surface area contributed by atoms with E-state index in [9.17, 15) is 4.39 Å². The molecule has 0 bridgehead atoms. The first kappa shape index (κ1) is 14.1. The summed E-state index contributed by atoms with van der Waals surface area (Å²) in [7, 11) is 1.91. The molecule has 0 N–H and O–H groups in total. The van der Waals surface area contributed by atoms with E-state index in [0.29, 0.717) is 17.8 Å². The smallest absolute Gasteiger partial charge is 0.143 e. The number of halogens is 1. The average molecular weight is 312 g/mol. The van der Waals surface area contributed by atoms with E-state index < -0.39 is 0 Å². The lowest BCUT2D eigenvalue weighted by molar-refractivity contribution is 0.228. The Hall–Kier alpha value is -2.47. The average Bonchev–Trinajstić information content (AvgIpc) is 3.14. The summed E-state index contributed by atoms with van der Waals surface area (Å²) in [6, 6.07) is 6.69. The van der Waals surface area contributed by atoms with E-state index in [-0.39, 0.29) is 5.82 Å². The van der Waals surface area contributed by atoms with Gasteiger partial charge in [-0.05, 0) is 12.1 Å². The molecular weight excluding hydrogens is 295 g/mol. The van der Waals surface area contributed by atoms with Gasteiger partial charge in [-0.3, -0.25) is 9.58 Å². The van der Waals surface area contributed by atoms with Crippen molar-refractivity contribution < 1.29 is 8.91 Å². The van der Waals surface area contributed by atoms with Gasteiger partial charge in [-0.25, -0.2) is 4.39 Å². The van der Waals surface area contributed by atoms with E-state index >= 15 is 0 Å². The first-order chi connectivity index (χ1) is 11.2. The first-order valence-corrected chi connectivity index (χ1v) is 7.63. The van der Waals surface area contributed by atoms with Crippen LogP contribution in [0.4, 0.5) is 4.39 Å². The van der Waals surface area contributed by atoms with Crippen LogP contribution in [0.1, 0.15) is 16.9 Å². The van der Waals surface area contributed by atoms with Crippen LogP contribution < -0.4 is 0 Å². The predicted octanol–water partition coefficient (Wildman–Crippen LogP) is 2.77. The Morgan fingerprint density at radius 3 is 2.96 bits per heavy atom. The summed E-state index contributed by atoms with van der Waals surface area (Å²) in [6.45, 7) is 2.42. The highest BCUT2D eigenvalue weighted by Crippen LogP contribution is 2.31. The van der Waals surface area contributed by atoms with Gasteiger partial charge in [0.1, 0.15) is 17.3 Å². The molecule has 6 heteroatoms. The molecule has 118 valence electrons. The number of aryl methyl sites for hydroxylation is 1. The molecule has 0 fully saturated rings. The van der Waals surface area contributed by atoms with Crippen LogP contribution in [-0.2, 0) is 26.6 Å². The summed E-state index contributed by atoms with van der Waals surface area (Å²) in [6.07, 6.45) is 4.68. The van der Waals surface area contributed by atoms with Crippen molar-refractivity contribution in [3.8, 4) is 11.3 Å². The lowest BCUT2D eigenvalue weighted by atomic mass is 10.0. The molecule has 0 amide bonds. The number of rotatable bonds is 3.